The summed E-state index contributed by atoms with van der Waals surface area (Å²) < 4.78 is 0. The van der Waals surface area contributed by atoms with Gasteiger partial charge in [0.15, 0.2) is 0 Å². The third-order valence-electron chi connectivity index (χ3n) is 2.90. The Balaban J connectivity index is 2.31. The molecular weight excluding hydrogens is 158 g/mol. The average molecular weight is 179 g/mol. The van der Waals surface area contributed by atoms with Crippen molar-refractivity contribution < 1.29 is 0 Å². The first-order valence-corrected chi connectivity index (χ1v) is 5.56. The Kier molecular flexibility index (Phi) is 4.93. The normalized spacial score (nSPS) is 20.0. The van der Waals surface area contributed by atoms with E-state index in [1.807, 2.05) is 0 Å². The summed E-state index contributed by atoms with van der Waals surface area (Å²) in [6, 6.07) is 0.767. The molecule has 0 spiro atoms. The molecule has 0 radical (unpaired) electrons. The lowest BCUT2D eigenvalue weighted by Gasteiger charge is -2.26. The van der Waals surface area contributed by atoms with Crippen molar-refractivity contribution in [2.45, 2.75) is 51.5 Å². The van der Waals surface area contributed by atoms with Crippen LogP contribution in [-0.4, -0.2) is 24.0 Å². The highest BCUT2D eigenvalue weighted by Crippen LogP contribution is 2.18. The molecule has 1 saturated heterocycles. The van der Waals surface area contributed by atoms with Gasteiger partial charge in [0.25, 0.3) is 0 Å². The molecule has 1 fully saturated rings. The van der Waals surface area contributed by atoms with Crippen molar-refractivity contribution in [3.63, 3.8) is 0 Å². The van der Waals surface area contributed by atoms with E-state index in [-0.39, 0.29) is 0 Å². The van der Waals surface area contributed by atoms with Gasteiger partial charge in [0.2, 0.25) is 0 Å². The van der Waals surface area contributed by atoms with Crippen molar-refractivity contribution in [3.8, 4) is 12.3 Å². The summed E-state index contributed by atoms with van der Waals surface area (Å²) in [5.41, 5.74) is 0. The van der Waals surface area contributed by atoms with E-state index >= 15 is 0 Å². The van der Waals surface area contributed by atoms with E-state index in [1.165, 1.54) is 45.2 Å². The van der Waals surface area contributed by atoms with E-state index in [9.17, 15) is 0 Å². The van der Waals surface area contributed by atoms with Gasteiger partial charge in [-0.25, -0.2) is 0 Å². The van der Waals surface area contributed by atoms with Gasteiger partial charge in [0.05, 0.1) is 0 Å². The van der Waals surface area contributed by atoms with Gasteiger partial charge in [0, 0.05) is 12.5 Å². The first-order valence-electron chi connectivity index (χ1n) is 5.56. The van der Waals surface area contributed by atoms with Gasteiger partial charge in [-0.2, -0.15) is 0 Å². The maximum absolute atomic E-state index is 5.30. The molecule has 1 rings (SSSR count). The summed E-state index contributed by atoms with van der Waals surface area (Å²) in [6.45, 7) is 4.86. The van der Waals surface area contributed by atoms with Crippen molar-refractivity contribution in [1.29, 1.82) is 0 Å². The quantitative estimate of drug-likeness (QED) is 0.586. The van der Waals surface area contributed by atoms with Crippen LogP contribution in [0, 0.1) is 12.3 Å². The molecule has 0 aromatic rings. The lowest BCUT2D eigenvalue weighted by Crippen LogP contribution is -2.32. The van der Waals surface area contributed by atoms with Crippen LogP contribution in [0.1, 0.15) is 45.4 Å². The summed E-state index contributed by atoms with van der Waals surface area (Å²) >= 11 is 0. The third-order valence-corrected chi connectivity index (χ3v) is 2.90. The molecule has 13 heavy (non-hydrogen) atoms. The largest absolute Gasteiger partial charge is 0.300 e. The van der Waals surface area contributed by atoms with Crippen LogP contribution in [-0.2, 0) is 0 Å². The van der Waals surface area contributed by atoms with E-state index < -0.39 is 0 Å². The van der Waals surface area contributed by atoms with Gasteiger partial charge < -0.3 is 4.90 Å². The molecule has 0 N–H and O–H groups in total. The Morgan fingerprint density at radius 3 is 2.54 bits per heavy atom. The van der Waals surface area contributed by atoms with Gasteiger partial charge in [-0.1, -0.05) is 13.3 Å². The Labute approximate surface area is 82.5 Å². The van der Waals surface area contributed by atoms with Crippen LogP contribution in [0.15, 0.2) is 0 Å². The second kappa shape index (κ2) is 6.05. The zero-order valence-corrected chi connectivity index (χ0v) is 8.76. The summed E-state index contributed by atoms with van der Waals surface area (Å²) in [5.74, 6) is 2.75. The number of terminal acetylenes is 1. The van der Waals surface area contributed by atoms with Crippen molar-refractivity contribution in [2.75, 3.05) is 13.1 Å². The van der Waals surface area contributed by atoms with Crippen molar-refractivity contribution in [3.05, 3.63) is 0 Å². The smallest absolute Gasteiger partial charge is 0.0104 e. The van der Waals surface area contributed by atoms with Crippen molar-refractivity contribution in [2.24, 2.45) is 0 Å². The Bertz CT molecular complexity index is 162. The molecule has 1 aliphatic rings. The molecule has 1 aliphatic heterocycles. The van der Waals surface area contributed by atoms with Crippen LogP contribution in [0.5, 0.6) is 0 Å². The number of nitrogens with zero attached hydrogens (tertiary/aromatic N) is 1. The van der Waals surface area contributed by atoms with Gasteiger partial charge in [0.1, 0.15) is 0 Å². The zero-order chi connectivity index (χ0) is 9.52. The maximum atomic E-state index is 5.30. The highest BCUT2D eigenvalue weighted by Gasteiger charge is 2.20. The van der Waals surface area contributed by atoms with Crippen LogP contribution >= 0.6 is 0 Å². The van der Waals surface area contributed by atoms with Crippen LogP contribution in [0.4, 0.5) is 0 Å². The molecule has 0 bridgehead atoms. The molecule has 1 heteroatoms. The first-order chi connectivity index (χ1) is 6.38. The molecule has 0 saturated carbocycles. The molecule has 0 amide bonds. The minimum atomic E-state index is 0.767. The molecular formula is C12H21N. The molecule has 1 nitrogen and oxygen atoms in total. The Morgan fingerprint density at radius 1 is 1.31 bits per heavy atom. The summed E-state index contributed by atoms with van der Waals surface area (Å²) in [4.78, 5) is 2.63. The van der Waals surface area contributed by atoms with Gasteiger partial charge in [-0.05, 0) is 38.8 Å². The molecule has 0 aromatic carbocycles. The number of hydrogen-bond acceptors (Lipinski definition) is 1. The van der Waals surface area contributed by atoms with Gasteiger partial charge in [-0.3, -0.25) is 0 Å². The van der Waals surface area contributed by atoms with Gasteiger partial charge in [-0.15, -0.1) is 12.3 Å². The highest BCUT2D eigenvalue weighted by molar-refractivity contribution is 4.87. The molecule has 74 valence electrons. The second-order valence-electron chi connectivity index (χ2n) is 3.93. The van der Waals surface area contributed by atoms with E-state index in [4.69, 9.17) is 6.42 Å². The second-order valence-corrected chi connectivity index (χ2v) is 3.93. The van der Waals surface area contributed by atoms with E-state index in [1.54, 1.807) is 0 Å². The van der Waals surface area contributed by atoms with Crippen LogP contribution in [0.2, 0.25) is 0 Å². The molecule has 1 atom stereocenters. The van der Waals surface area contributed by atoms with Crippen molar-refractivity contribution in [1.82, 2.24) is 4.90 Å². The fraction of sp³-hybridized carbons (Fsp3) is 0.833. The zero-order valence-electron chi connectivity index (χ0n) is 8.76. The number of rotatable bonds is 5. The number of likely N-dealkylation sites (tertiary alicyclic amines) is 1. The molecule has 0 aromatic heterocycles. The predicted octanol–water partition coefficient (Wildman–Crippen LogP) is 2.66. The van der Waals surface area contributed by atoms with E-state index in [0.29, 0.717) is 0 Å². The topological polar surface area (TPSA) is 3.24 Å². The fourth-order valence-electron chi connectivity index (χ4n) is 2.20. The standard InChI is InChI=1S/C12H21N/c1-3-5-9-12(8-4-2)13-10-6-7-11-13/h1,12H,4-11H2,2H3. The first kappa shape index (κ1) is 10.6. The number of hydrogen-bond donors (Lipinski definition) is 0. The van der Waals surface area contributed by atoms with Crippen LogP contribution < -0.4 is 0 Å². The van der Waals surface area contributed by atoms with E-state index in [0.717, 1.165) is 12.5 Å². The molecule has 0 aliphatic carbocycles. The summed E-state index contributed by atoms with van der Waals surface area (Å²) in [7, 11) is 0. The minimum Gasteiger partial charge on any atom is -0.300 e. The highest BCUT2D eigenvalue weighted by atomic mass is 15.2. The summed E-state index contributed by atoms with van der Waals surface area (Å²) in [5, 5.41) is 0. The monoisotopic (exact) mass is 179 g/mol. The lowest BCUT2D eigenvalue weighted by molar-refractivity contribution is 0.219. The van der Waals surface area contributed by atoms with E-state index in [2.05, 4.69) is 17.7 Å². The van der Waals surface area contributed by atoms with Gasteiger partial charge >= 0.3 is 0 Å². The molecule has 1 unspecified atom stereocenters. The lowest BCUT2D eigenvalue weighted by atomic mass is 10.1. The molecule has 1 heterocycles. The Hall–Kier alpha value is -0.480. The minimum absolute atomic E-state index is 0.767. The Morgan fingerprint density at radius 2 is 2.00 bits per heavy atom. The summed E-state index contributed by atoms with van der Waals surface area (Å²) in [6.07, 6.45) is 12.8. The third kappa shape index (κ3) is 3.40. The predicted molar refractivity (Wildman–Crippen MR) is 57.6 cm³/mol. The van der Waals surface area contributed by atoms with Crippen LogP contribution in [0.3, 0.4) is 0 Å². The van der Waals surface area contributed by atoms with Crippen LogP contribution in [0.25, 0.3) is 0 Å². The SMILES string of the molecule is C#CCCC(CCC)N1CCCC1. The maximum Gasteiger partial charge on any atom is 0.0104 e. The van der Waals surface area contributed by atoms with Crippen molar-refractivity contribution >= 4 is 0 Å². The fourth-order valence-corrected chi connectivity index (χ4v) is 2.20. The average Bonchev–Trinajstić information content (AvgIpc) is 2.65.